The third kappa shape index (κ3) is 1.85. The van der Waals surface area contributed by atoms with Crippen LogP contribution in [0.2, 0.25) is 0 Å². The maximum Gasteiger partial charge on any atom is 0.236 e. The number of carbonyl (C=O) groups is 1. The number of carbonyl (C=O) groups excluding carboxylic acids is 1. The summed E-state index contributed by atoms with van der Waals surface area (Å²) in [5, 5.41) is 12.0. The molecule has 2 rings (SSSR count). The van der Waals surface area contributed by atoms with Gasteiger partial charge in [0.1, 0.15) is 5.41 Å². The highest BCUT2D eigenvalue weighted by molar-refractivity contribution is 6.07. The number of rotatable bonds is 2. The van der Waals surface area contributed by atoms with Crippen LogP contribution in [0.25, 0.3) is 0 Å². The van der Waals surface area contributed by atoms with Gasteiger partial charge in [0.15, 0.2) is 5.84 Å². The average Bonchev–Trinajstić information content (AvgIpc) is 2.30. The number of amides is 1. The van der Waals surface area contributed by atoms with E-state index in [4.69, 9.17) is 10.9 Å². The molecule has 0 radical (unpaired) electrons. The first-order chi connectivity index (χ1) is 8.53. The standard InChI is InChI=1S/C13H23N3O2/c1-9-5-3-8-16(10(9)2)12(17)13(6-4-7-13)11(14)15-18/h9-10,18H,3-8H2,1-2H3,(H2,14,15). The molecule has 2 atom stereocenters. The van der Waals surface area contributed by atoms with Crippen molar-refractivity contribution in [3.63, 3.8) is 0 Å². The van der Waals surface area contributed by atoms with Gasteiger partial charge >= 0.3 is 0 Å². The number of nitrogens with two attached hydrogens (primary N) is 1. The molecule has 0 aromatic carbocycles. The molecule has 0 spiro atoms. The van der Waals surface area contributed by atoms with Gasteiger partial charge in [-0.05, 0) is 38.5 Å². The van der Waals surface area contributed by atoms with Crippen LogP contribution in [0.3, 0.4) is 0 Å². The van der Waals surface area contributed by atoms with Gasteiger partial charge in [0.25, 0.3) is 0 Å². The predicted octanol–water partition coefficient (Wildman–Crippen LogP) is 1.55. The number of hydrogen-bond donors (Lipinski definition) is 2. The summed E-state index contributed by atoms with van der Waals surface area (Å²) in [4.78, 5) is 14.6. The van der Waals surface area contributed by atoms with Gasteiger partial charge in [0.05, 0.1) is 0 Å². The largest absolute Gasteiger partial charge is 0.409 e. The Morgan fingerprint density at radius 1 is 1.39 bits per heavy atom. The molecule has 0 aromatic rings. The minimum atomic E-state index is -0.722. The van der Waals surface area contributed by atoms with E-state index in [0.717, 1.165) is 19.4 Å². The van der Waals surface area contributed by atoms with E-state index in [9.17, 15) is 4.79 Å². The minimum absolute atomic E-state index is 0.0584. The highest BCUT2D eigenvalue weighted by Crippen LogP contribution is 2.44. The number of hydrogen-bond acceptors (Lipinski definition) is 3. The van der Waals surface area contributed by atoms with Crippen LogP contribution in [0.5, 0.6) is 0 Å². The van der Waals surface area contributed by atoms with Crippen molar-refractivity contribution >= 4 is 11.7 Å². The zero-order chi connectivity index (χ0) is 13.3. The summed E-state index contributed by atoms with van der Waals surface area (Å²) < 4.78 is 0. The van der Waals surface area contributed by atoms with E-state index in [1.54, 1.807) is 0 Å². The van der Waals surface area contributed by atoms with E-state index in [0.29, 0.717) is 18.8 Å². The molecular weight excluding hydrogens is 230 g/mol. The van der Waals surface area contributed by atoms with E-state index >= 15 is 0 Å². The molecule has 3 N–H and O–H groups in total. The van der Waals surface area contributed by atoms with Crippen molar-refractivity contribution < 1.29 is 10.0 Å². The van der Waals surface area contributed by atoms with Crippen molar-refractivity contribution in [2.75, 3.05) is 6.54 Å². The summed E-state index contributed by atoms with van der Waals surface area (Å²) in [6.45, 7) is 5.08. The van der Waals surface area contributed by atoms with Crippen LogP contribution in [-0.2, 0) is 4.79 Å². The molecule has 5 heteroatoms. The average molecular weight is 253 g/mol. The first-order valence-corrected chi connectivity index (χ1v) is 6.82. The zero-order valence-corrected chi connectivity index (χ0v) is 11.2. The molecule has 5 nitrogen and oxygen atoms in total. The lowest BCUT2D eigenvalue weighted by atomic mass is 9.66. The Hall–Kier alpha value is -1.26. The van der Waals surface area contributed by atoms with Crippen LogP contribution < -0.4 is 5.73 Å². The van der Waals surface area contributed by atoms with Gasteiger partial charge in [-0.25, -0.2) is 0 Å². The van der Waals surface area contributed by atoms with E-state index < -0.39 is 5.41 Å². The molecule has 2 aliphatic rings. The van der Waals surface area contributed by atoms with Gasteiger partial charge in [-0.3, -0.25) is 4.79 Å². The second kappa shape index (κ2) is 4.78. The van der Waals surface area contributed by atoms with E-state index in [1.165, 1.54) is 6.42 Å². The Morgan fingerprint density at radius 3 is 2.56 bits per heavy atom. The molecule has 0 aromatic heterocycles. The summed E-state index contributed by atoms with van der Waals surface area (Å²) in [5.41, 5.74) is 5.03. The lowest BCUT2D eigenvalue weighted by Gasteiger charge is -2.47. The van der Waals surface area contributed by atoms with Crippen LogP contribution in [0.15, 0.2) is 5.16 Å². The molecule has 1 saturated heterocycles. The van der Waals surface area contributed by atoms with Crippen molar-refractivity contribution in [2.45, 2.75) is 52.0 Å². The maximum absolute atomic E-state index is 12.7. The van der Waals surface area contributed by atoms with E-state index in [-0.39, 0.29) is 17.8 Å². The predicted molar refractivity (Wildman–Crippen MR) is 69.3 cm³/mol. The summed E-state index contributed by atoms with van der Waals surface area (Å²) in [5.74, 6) is 0.666. The van der Waals surface area contributed by atoms with Crippen LogP contribution in [0, 0.1) is 11.3 Å². The van der Waals surface area contributed by atoms with Crippen molar-refractivity contribution in [3.05, 3.63) is 0 Å². The fourth-order valence-electron chi connectivity index (χ4n) is 3.10. The highest BCUT2D eigenvalue weighted by atomic mass is 16.4. The highest BCUT2D eigenvalue weighted by Gasteiger charge is 2.51. The van der Waals surface area contributed by atoms with Gasteiger partial charge in [-0.15, -0.1) is 0 Å². The molecule has 1 aliphatic heterocycles. The second-order valence-electron chi connectivity index (χ2n) is 5.78. The number of amidine groups is 1. The third-order valence-corrected chi connectivity index (χ3v) is 4.85. The Kier molecular flexibility index (Phi) is 3.50. The molecule has 1 saturated carbocycles. The van der Waals surface area contributed by atoms with Crippen molar-refractivity contribution in [1.29, 1.82) is 0 Å². The topological polar surface area (TPSA) is 78.9 Å². The van der Waals surface area contributed by atoms with Crippen LogP contribution in [0.4, 0.5) is 0 Å². The molecule has 102 valence electrons. The van der Waals surface area contributed by atoms with Gasteiger partial charge in [0.2, 0.25) is 5.91 Å². The van der Waals surface area contributed by atoms with Gasteiger partial charge in [-0.1, -0.05) is 18.5 Å². The second-order valence-corrected chi connectivity index (χ2v) is 5.78. The number of nitrogens with zero attached hydrogens (tertiary/aromatic N) is 2. The van der Waals surface area contributed by atoms with Crippen molar-refractivity contribution in [3.8, 4) is 0 Å². The van der Waals surface area contributed by atoms with Gasteiger partial charge in [0, 0.05) is 12.6 Å². The van der Waals surface area contributed by atoms with Crippen LogP contribution in [0.1, 0.15) is 46.0 Å². The summed E-state index contributed by atoms with van der Waals surface area (Å²) in [6.07, 6.45) is 4.60. The number of piperidine rings is 1. The quantitative estimate of drug-likeness (QED) is 0.339. The van der Waals surface area contributed by atoms with Gasteiger partial charge < -0.3 is 15.8 Å². The molecule has 1 heterocycles. The van der Waals surface area contributed by atoms with Crippen LogP contribution >= 0.6 is 0 Å². The summed E-state index contributed by atoms with van der Waals surface area (Å²) in [7, 11) is 0. The minimum Gasteiger partial charge on any atom is -0.409 e. The molecular formula is C13H23N3O2. The van der Waals surface area contributed by atoms with E-state index in [1.807, 2.05) is 4.90 Å². The normalized spacial score (nSPS) is 31.9. The fourth-order valence-corrected chi connectivity index (χ4v) is 3.10. The Morgan fingerprint density at radius 2 is 2.06 bits per heavy atom. The Labute approximate surface area is 108 Å². The molecule has 2 unspecified atom stereocenters. The molecule has 1 aliphatic carbocycles. The zero-order valence-electron chi connectivity index (χ0n) is 11.2. The molecule has 2 fully saturated rings. The number of oxime groups is 1. The fraction of sp³-hybridized carbons (Fsp3) is 0.846. The molecule has 0 bridgehead atoms. The first kappa shape index (κ1) is 13.2. The Bertz CT molecular complexity index is 363. The first-order valence-electron chi connectivity index (χ1n) is 6.82. The SMILES string of the molecule is CC1CCCN(C(=O)C2(C(N)=NO)CCC2)C1C. The third-order valence-electron chi connectivity index (χ3n) is 4.85. The number of likely N-dealkylation sites (tertiary alicyclic amines) is 1. The lowest BCUT2D eigenvalue weighted by molar-refractivity contribution is -0.147. The smallest absolute Gasteiger partial charge is 0.236 e. The molecule has 1 amide bonds. The Balaban J connectivity index is 2.19. The van der Waals surface area contributed by atoms with Crippen molar-refractivity contribution in [1.82, 2.24) is 4.90 Å². The summed E-state index contributed by atoms with van der Waals surface area (Å²) >= 11 is 0. The van der Waals surface area contributed by atoms with Crippen molar-refractivity contribution in [2.24, 2.45) is 22.2 Å². The molecule has 18 heavy (non-hydrogen) atoms. The maximum atomic E-state index is 12.7. The summed E-state index contributed by atoms with van der Waals surface area (Å²) in [6, 6.07) is 0.246. The monoisotopic (exact) mass is 253 g/mol. The van der Waals surface area contributed by atoms with E-state index in [2.05, 4.69) is 19.0 Å². The lowest BCUT2D eigenvalue weighted by Crippen LogP contribution is -2.59. The van der Waals surface area contributed by atoms with Crippen LogP contribution in [-0.4, -0.2) is 34.4 Å². The van der Waals surface area contributed by atoms with Gasteiger partial charge in [-0.2, -0.15) is 0 Å².